The number of rotatable bonds is 5. The van der Waals surface area contributed by atoms with Gasteiger partial charge in [0, 0.05) is 25.4 Å². The van der Waals surface area contributed by atoms with E-state index >= 15 is 0 Å². The van der Waals surface area contributed by atoms with Crippen LogP contribution >= 0.6 is 0 Å². The molecule has 1 aromatic carbocycles. The number of aromatic nitrogens is 5. The van der Waals surface area contributed by atoms with Crippen molar-refractivity contribution in [2.75, 3.05) is 0 Å². The van der Waals surface area contributed by atoms with Crippen LogP contribution in [0.1, 0.15) is 32.9 Å². The van der Waals surface area contributed by atoms with E-state index in [-0.39, 0.29) is 5.91 Å². The fraction of sp³-hybridized carbons (Fsp3) is 0.294. The van der Waals surface area contributed by atoms with Gasteiger partial charge >= 0.3 is 0 Å². The Balaban J connectivity index is 1.63. The number of benzene rings is 1. The van der Waals surface area contributed by atoms with Crippen molar-refractivity contribution in [1.29, 1.82) is 0 Å². The molecule has 1 amide bonds. The Morgan fingerprint density at radius 1 is 1.17 bits per heavy atom. The number of amides is 1. The molecule has 0 fully saturated rings. The number of nitrogens with one attached hydrogen (secondary N) is 1. The van der Waals surface area contributed by atoms with E-state index in [4.69, 9.17) is 0 Å². The number of hydrogen-bond acceptors (Lipinski definition) is 4. The maximum atomic E-state index is 12.2. The first-order valence-corrected chi connectivity index (χ1v) is 7.75. The van der Waals surface area contributed by atoms with Crippen molar-refractivity contribution in [2.24, 2.45) is 7.05 Å². The van der Waals surface area contributed by atoms with E-state index in [1.807, 2.05) is 38.4 Å². The normalized spacial score (nSPS) is 10.8. The van der Waals surface area contributed by atoms with Gasteiger partial charge in [0.25, 0.3) is 5.91 Å². The van der Waals surface area contributed by atoms with Crippen LogP contribution in [0.4, 0.5) is 0 Å². The van der Waals surface area contributed by atoms with Gasteiger partial charge in [-0.2, -0.15) is 5.10 Å². The first-order valence-electron chi connectivity index (χ1n) is 7.75. The van der Waals surface area contributed by atoms with E-state index in [0.29, 0.717) is 18.8 Å². The molecule has 124 valence electrons. The lowest BCUT2D eigenvalue weighted by Crippen LogP contribution is -2.23. The monoisotopic (exact) mass is 324 g/mol. The van der Waals surface area contributed by atoms with Crippen LogP contribution in [0.5, 0.6) is 0 Å². The van der Waals surface area contributed by atoms with Gasteiger partial charge in [-0.05, 0) is 25.0 Å². The highest BCUT2D eigenvalue weighted by atomic mass is 16.2. The zero-order chi connectivity index (χ0) is 17.1. The van der Waals surface area contributed by atoms with Crippen LogP contribution in [0.2, 0.25) is 0 Å². The van der Waals surface area contributed by atoms with Gasteiger partial charge < -0.3 is 5.32 Å². The van der Waals surface area contributed by atoms with E-state index in [1.54, 1.807) is 15.6 Å². The Bertz CT molecular complexity index is 864. The molecule has 0 spiro atoms. The van der Waals surface area contributed by atoms with E-state index in [1.165, 1.54) is 5.56 Å². The summed E-state index contributed by atoms with van der Waals surface area (Å²) in [6.07, 6.45) is 3.56. The lowest BCUT2D eigenvalue weighted by Gasteiger charge is -2.04. The van der Waals surface area contributed by atoms with E-state index < -0.39 is 0 Å². The molecular formula is C17H20N6O. The quantitative estimate of drug-likeness (QED) is 0.773. The third kappa shape index (κ3) is 3.51. The Kier molecular flexibility index (Phi) is 4.41. The summed E-state index contributed by atoms with van der Waals surface area (Å²) < 4.78 is 3.40. The summed E-state index contributed by atoms with van der Waals surface area (Å²) >= 11 is 0. The number of carbonyl (C=O) groups is 1. The van der Waals surface area contributed by atoms with E-state index in [9.17, 15) is 4.79 Å². The summed E-state index contributed by atoms with van der Waals surface area (Å²) in [6, 6.07) is 8.08. The van der Waals surface area contributed by atoms with Crippen molar-refractivity contribution < 1.29 is 4.79 Å². The second-order valence-corrected chi connectivity index (χ2v) is 5.82. The van der Waals surface area contributed by atoms with Gasteiger partial charge in [-0.1, -0.05) is 29.5 Å². The number of hydrogen-bond donors (Lipinski definition) is 1. The molecule has 0 atom stereocenters. The minimum Gasteiger partial charge on any atom is -0.346 e. The molecule has 0 radical (unpaired) electrons. The molecule has 1 N–H and O–H groups in total. The van der Waals surface area contributed by atoms with Crippen LogP contribution in [0, 0.1) is 13.8 Å². The molecule has 7 nitrogen and oxygen atoms in total. The van der Waals surface area contributed by atoms with Gasteiger partial charge in [-0.3, -0.25) is 9.48 Å². The average Bonchev–Trinajstić information content (AvgIpc) is 3.14. The molecule has 0 saturated heterocycles. The van der Waals surface area contributed by atoms with Crippen LogP contribution < -0.4 is 5.32 Å². The summed E-state index contributed by atoms with van der Waals surface area (Å²) in [5, 5.41) is 15.1. The largest absolute Gasteiger partial charge is 0.346 e. The standard InChI is InChI=1S/C17H20N6O/c1-12-6-4-5-7-14(12)10-23-11-16(19-21-23)17(24)18-8-15-9-22(3)20-13(15)2/h4-7,9,11H,8,10H2,1-3H3,(H,18,24). The maximum absolute atomic E-state index is 12.2. The molecule has 0 aliphatic rings. The Morgan fingerprint density at radius 2 is 1.96 bits per heavy atom. The van der Waals surface area contributed by atoms with Crippen molar-refractivity contribution in [1.82, 2.24) is 30.1 Å². The van der Waals surface area contributed by atoms with Crippen LogP contribution in [0.25, 0.3) is 0 Å². The molecule has 2 heterocycles. The molecule has 0 unspecified atom stereocenters. The van der Waals surface area contributed by atoms with Gasteiger partial charge in [-0.15, -0.1) is 5.10 Å². The second kappa shape index (κ2) is 6.66. The molecule has 24 heavy (non-hydrogen) atoms. The minimum absolute atomic E-state index is 0.241. The zero-order valence-electron chi connectivity index (χ0n) is 14.0. The van der Waals surface area contributed by atoms with Crippen LogP contribution in [-0.2, 0) is 20.1 Å². The summed E-state index contributed by atoms with van der Waals surface area (Å²) in [7, 11) is 1.86. The van der Waals surface area contributed by atoms with Gasteiger partial charge in [0.1, 0.15) is 0 Å². The molecule has 0 aliphatic heterocycles. The molecule has 0 bridgehead atoms. The van der Waals surface area contributed by atoms with Gasteiger partial charge in [-0.25, -0.2) is 4.68 Å². The first kappa shape index (κ1) is 15.9. The molecule has 3 aromatic rings. The molecule has 0 aliphatic carbocycles. The summed E-state index contributed by atoms with van der Waals surface area (Å²) in [6.45, 7) is 4.98. The van der Waals surface area contributed by atoms with Crippen molar-refractivity contribution in [3.05, 3.63) is 64.7 Å². The Morgan fingerprint density at radius 3 is 2.67 bits per heavy atom. The third-order valence-electron chi connectivity index (χ3n) is 3.92. The SMILES string of the molecule is Cc1ccccc1Cn1cc(C(=O)NCc2cn(C)nc2C)nn1. The fourth-order valence-electron chi connectivity index (χ4n) is 2.53. The number of aryl methyl sites for hydroxylation is 3. The van der Waals surface area contributed by atoms with Crippen molar-refractivity contribution in [3.63, 3.8) is 0 Å². The molecule has 3 rings (SSSR count). The zero-order valence-corrected chi connectivity index (χ0v) is 14.0. The molecule has 7 heteroatoms. The van der Waals surface area contributed by atoms with Crippen molar-refractivity contribution in [2.45, 2.75) is 26.9 Å². The topological polar surface area (TPSA) is 77.6 Å². The van der Waals surface area contributed by atoms with Crippen molar-refractivity contribution in [3.8, 4) is 0 Å². The summed E-state index contributed by atoms with van der Waals surface area (Å²) in [5.74, 6) is -0.241. The molecular weight excluding hydrogens is 304 g/mol. The number of nitrogens with zero attached hydrogens (tertiary/aromatic N) is 5. The van der Waals surface area contributed by atoms with Gasteiger partial charge in [0.05, 0.1) is 18.4 Å². The fourth-order valence-corrected chi connectivity index (χ4v) is 2.53. The maximum Gasteiger partial charge on any atom is 0.273 e. The molecule has 0 saturated carbocycles. The smallest absolute Gasteiger partial charge is 0.273 e. The highest BCUT2D eigenvalue weighted by molar-refractivity contribution is 5.91. The van der Waals surface area contributed by atoms with E-state index in [0.717, 1.165) is 16.8 Å². The molecule has 2 aromatic heterocycles. The van der Waals surface area contributed by atoms with Gasteiger partial charge in [0.2, 0.25) is 0 Å². The predicted molar refractivity (Wildman–Crippen MR) is 89.4 cm³/mol. The highest BCUT2D eigenvalue weighted by Gasteiger charge is 2.12. The van der Waals surface area contributed by atoms with Crippen molar-refractivity contribution >= 4 is 5.91 Å². The lowest BCUT2D eigenvalue weighted by molar-refractivity contribution is 0.0946. The number of carbonyl (C=O) groups excluding carboxylic acids is 1. The second-order valence-electron chi connectivity index (χ2n) is 5.82. The summed E-state index contributed by atoms with van der Waals surface area (Å²) in [4.78, 5) is 12.2. The van der Waals surface area contributed by atoms with Crippen LogP contribution in [0.3, 0.4) is 0 Å². The Hall–Kier alpha value is -2.96. The summed E-state index contributed by atoms with van der Waals surface area (Å²) in [5.41, 5.74) is 4.54. The average molecular weight is 324 g/mol. The highest BCUT2D eigenvalue weighted by Crippen LogP contribution is 2.09. The predicted octanol–water partition coefficient (Wildman–Crippen LogP) is 1.61. The first-order chi connectivity index (χ1) is 11.5. The Labute approximate surface area is 140 Å². The van der Waals surface area contributed by atoms with Crippen LogP contribution in [-0.4, -0.2) is 30.7 Å². The lowest BCUT2D eigenvalue weighted by atomic mass is 10.1. The minimum atomic E-state index is -0.241. The van der Waals surface area contributed by atoms with Crippen LogP contribution in [0.15, 0.2) is 36.7 Å². The van der Waals surface area contributed by atoms with Gasteiger partial charge in [0.15, 0.2) is 5.69 Å². The van der Waals surface area contributed by atoms with E-state index in [2.05, 4.69) is 33.7 Å². The third-order valence-corrected chi connectivity index (χ3v) is 3.92.